The normalized spacial score (nSPS) is 25.5. The highest BCUT2D eigenvalue weighted by Gasteiger charge is 2.26. The van der Waals surface area contributed by atoms with Crippen LogP contribution in [0.1, 0.15) is 33.1 Å². The van der Waals surface area contributed by atoms with E-state index in [1.54, 1.807) is 6.20 Å². The molecule has 0 saturated carbocycles. The van der Waals surface area contributed by atoms with Gasteiger partial charge in [0.05, 0.1) is 0 Å². The molecule has 1 aliphatic rings. The van der Waals surface area contributed by atoms with Crippen molar-refractivity contribution < 1.29 is 4.79 Å². The molecule has 0 unspecified atom stereocenters. The fourth-order valence-electron chi connectivity index (χ4n) is 2.17. The lowest BCUT2D eigenvalue weighted by Gasteiger charge is -2.38. The average Bonchev–Trinajstić information content (AvgIpc) is 2.76. The van der Waals surface area contributed by atoms with Crippen molar-refractivity contribution in [1.82, 2.24) is 15.4 Å². The standard InChI is InChI=1S/C11H18N4OS/c1-8-4-3-5-9(2)15(8)14-10(16)13-11-12-6-7-17-11/h6-9H,3-5H2,1-2H3,(H2,12,13,14,16)/t8-,9-/m0/s1. The summed E-state index contributed by atoms with van der Waals surface area (Å²) in [4.78, 5) is 15.8. The summed E-state index contributed by atoms with van der Waals surface area (Å²) in [5.74, 6) is 0. The molecule has 1 aromatic heterocycles. The van der Waals surface area contributed by atoms with Gasteiger partial charge in [0.2, 0.25) is 0 Å². The minimum atomic E-state index is -0.208. The van der Waals surface area contributed by atoms with Gasteiger partial charge in [-0.1, -0.05) is 6.42 Å². The van der Waals surface area contributed by atoms with Gasteiger partial charge in [0.25, 0.3) is 0 Å². The average molecular weight is 254 g/mol. The van der Waals surface area contributed by atoms with Gasteiger partial charge in [-0.2, -0.15) is 0 Å². The van der Waals surface area contributed by atoms with Crippen LogP contribution in [0, 0.1) is 0 Å². The maximum Gasteiger partial charge on any atom is 0.335 e. The first-order valence-electron chi connectivity index (χ1n) is 5.92. The van der Waals surface area contributed by atoms with Crippen molar-refractivity contribution >= 4 is 22.5 Å². The molecule has 0 radical (unpaired) electrons. The van der Waals surface area contributed by atoms with Crippen molar-refractivity contribution in [3.05, 3.63) is 11.6 Å². The summed E-state index contributed by atoms with van der Waals surface area (Å²) in [5, 5.41) is 7.22. The summed E-state index contributed by atoms with van der Waals surface area (Å²) >= 11 is 1.41. The molecule has 2 atom stereocenters. The Morgan fingerprint density at radius 1 is 1.47 bits per heavy atom. The predicted molar refractivity (Wildman–Crippen MR) is 68.9 cm³/mol. The first-order valence-corrected chi connectivity index (χ1v) is 6.80. The quantitative estimate of drug-likeness (QED) is 0.852. The molecule has 0 bridgehead atoms. The lowest BCUT2D eigenvalue weighted by molar-refractivity contribution is 0.0625. The third kappa shape index (κ3) is 3.17. The van der Waals surface area contributed by atoms with Crippen molar-refractivity contribution in [2.75, 3.05) is 5.32 Å². The molecule has 1 fully saturated rings. The van der Waals surface area contributed by atoms with Crippen LogP contribution in [0.2, 0.25) is 0 Å². The highest BCUT2D eigenvalue weighted by atomic mass is 32.1. The Labute approximate surface area is 105 Å². The first-order chi connectivity index (χ1) is 8.16. The van der Waals surface area contributed by atoms with E-state index in [0.717, 1.165) is 12.8 Å². The fourth-order valence-corrected chi connectivity index (χ4v) is 2.69. The van der Waals surface area contributed by atoms with Gasteiger partial charge >= 0.3 is 6.03 Å². The Morgan fingerprint density at radius 3 is 2.76 bits per heavy atom. The monoisotopic (exact) mass is 254 g/mol. The molecule has 0 aromatic carbocycles. The molecular formula is C11H18N4OS. The second-order valence-electron chi connectivity index (χ2n) is 4.44. The lowest BCUT2D eigenvalue weighted by atomic mass is 10.00. The zero-order valence-electron chi connectivity index (χ0n) is 10.1. The molecule has 1 saturated heterocycles. The number of aromatic nitrogens is 1. The van der Waals surface area contributed by atoms with Crippen molar-refractivity contribution in [3.8, 4) is 0 Å². The van der Waals surface area contributed by atoms with Crippen LogP contribution < -0.4 is 10.7 Å². The van der Waals surface area contributed by atoms with E-state index in [0.29, 0.717) is 17.2 Å². The van der Waals surface area contributed by atoms with Crippen LogP contribution in [0.4, 0.5) is 9.93 Å². The van der Waals surface area contributed by atoms with Crippen LogP contribution in [0.25, 0.3) is 0 Å². The number of nitrogens with zero attached hydrogens (tertiary/aromatic N) is 2. The van der Waals surface area contributed by atoms with E-state index in [9.17, 15) is 4.79 Å². The van der Waals surface area contributed by atoms with E-state index < -0.39 is 0 Å². The fraction of sp³-hybridized carbons (Fsp3) is 0.636. The first kappa shape index (κ1) is 12.3. The second-order valence-corrected chi connectivity index (χ2v) is 5.33. The number of piperidine rings is 1. The Bertz CT molecular complexity index is 358. The third-order valence-corrected chi connectivity index (χ3v) is 3.77. The van der Waals surface area contributed by atoms with Gasteiger partial charge in [0.1, 0.15) is 0 Å². The summed E-state index contributed by atoms with van der Waals surface area (Å²) in [7, 11) is 0. The number of amides is 2. The molecule has 1 aliphatic heterocycles. The number of rotatable bonds is 2. The van der Waals surface area contributed by atoms with Gasteiger partial charge in [-0.15, -0.1) is 11.3 Å². The molecule has 0 spiro atoms. The van der Waals surface area contributed by atoms with Gasteiger partial charge in [0.15, 0.2) is 5.13 Å². The molecule has 94 valence electrons. The number of carbonyl (C=O) groups is 1. The van der Waals surface area contributed by atoms with Crippen LogP contribution in [0.3, 0.4) is 0 Å². The zero-order valence-corrected chi connectivity index (χ0v) is 11.0. The van der Waals surface area contributed by atoms with Crippen LogP contribution in [0.15, 0.2) is 11.6 Å². The summed E-state index contributed by atoms with van der Waals surface area (Å²) in [6, 6.07) is 0.571. The van der Waals surface area contributed by atoms with E-state index in [2.05, 4.69) is 29.6 Å². The molecule has 6 heteroatoms. The lowest BCUT2D eigenvalue weighted by Crippen LogP contribution is -2.55. The summed E-state index contributed by atoms with van der Waals surface area (Å²) < 4.78 is 0. The zero-order chi connectivity index (χ0) is 12.3. The van der Waals surface area contributed by atoms with E-state index >= 15 is 0 Å². The predicted octanol–water partition coefficient (Wildman–Crippen LogP) is 2.44. The smallest absolute Gasteiger partial charge is 0.283 e. The van der Waals surface area contributed by atoms with Gasteiger partial charge in [-0.05, 0) is 26.7 Å². The molecule has 5 nitrogen and oxygen atoms in total. The topological polar surface area (TPSA) is 57.3 Å². The van der Waals surface area contributed by atoms with Crippen molar-refractivity contribution in [2.24, 2.45) is 0 Å². The summed E-state index contributed by atoms with van der Waals surface area (Å²) in [5.41, 5.74) is 2.91. The number of thiazole rings is 1. The van der Waals surface area contributed by atoms with Gasteiger partial charge in [-0.3, -0.25) is 10.7 Å². The molecule has 1 aromatic rings. The molecule has 0 aliphatic carbocycles. The van der Waals surface area contributed by atoms with Crippen LogP contribution in [-0.4, -0.2) is 28.1 Å². The highest BCUT2D eigenvalue weighted by molar-refractivity contribution is 7.13. The van der Waals surface area contributed by atoms with Crippen LogP contribution in [0.5, 0.6) is 0 Å². The van der Waals surface area contributed by atoms with E-state index in [1.807, 2.05) is 10.4 Å². The van der Waals surface area contributed by atoms with E-state index in [-0.39, 0.29) is 6.03 Å². The van der Waals surface area contributed by atoms with Crippen molar-refractivity contribution in [2.45, 2.75) is 45.2 Å². The SMILES string of the molecule is C[C@H]1CCC[C@H](C)N1NC(=O)Nc1nccs1. The Hall–Kier alpha value is -1.14. The molecule has 2 N–H and O–H groups in total. The largest absolute Gasteiger partial charge is 0.335 e. The van der Waals surface area contributed by atoms with Crippen LogP contribution >= 0.6 is 11.3 Å². The molecule has 2 heterocycles. The number of hydrazine groups is 1. The van der Waals surface area contributed by atoms with Gasteiger partial charge in [-0.25, -0.2) is 14.8 Å². The van der Waals surface area contributed by atoms with Crippen LogP contribution in [-0.2, 0) is 0 Å². The van der Waals surface area contributed by atoms with E-state index in [1.165, 1.54) is 17.8 Å². The highest BCUT2D eigenvalue weighted by Crippen LogP contribution is 2.20. The van der Waals surface area contributed by atoms with E-state index in [4.69, 9.17) is 0 Å². The van der Waals surface area contributed by atoms with Gasteiger partial charge in [0, 0.05) is 23.7 Å². The maximum absolute atomic E-state index is 11.8. The minimum Gasteiger partial charge on any atom is -0.283 e. The second kappa shape index (κ2) is 5.46. The Morgan fingerprint density at radius 2 is 2.18 bits per heavy atom. The Balaban J connectivity index is 1.88. The Kier molecular flexibility index (Phi) is 3.96. The summed E-state index contributed by atoms with van der Waals surface area (Å²) in [6.07, 6.45) is 5.16. The third-order valence-electron chi connectivity index (χ3n) is 3.08. The molecule has 2 amide bonds. The number of hydrogen-bond donors (Lipinski definition) is 2. The number of carbonyl (C=O) groups excluding carboxylic acids is 1. The van der Waals surface area contributed by atoms with Gasteiger partial charge < -0.3 is 0 Å². The van der Waals surface area contributed by atoms with Crippen molar-refractivity contribution in [1.29, 1.82) is 0 Å². The van der Waals surface area contributed by atoms with Crippen molar-refractivity contribution in [3.63, 3.8) is 0 Å². The number of anilines is 1. The summed E-state index contributed by atoms with van der Waals surface area (Å²) in [6.45, 7) is 4.28. The molecular weight excluding hydrogens is 236 g/mol. The molecule has 2 rings (SSSR count). The maximum atomic E-state index is 11.8. The molecule has 17 heavy (non-hydrogen) atoms. The minimum absolute atomic E-state index is 0.208. The number of urea groups is 1. The number of nitrogens with one attached hydrogen (secondary N) is 2. The number of hydrogen-bond acceptors (Lipinski definition) is 4.